The lowest BCUT2D eigenvalue weighted by atomic mass is 10.1. The molecule has 6 heteroatoms. The second-order valence-corrected chi connectivity index (χ2v) is 6.53. The van der Waals surface area contributed by atoms with Gasteiger partial charge < -0.3 is 15.5 Å². The van der Waals surface area contributed by atoms with Gasteiger partial charge in [-0.25, -0.2) is 0 Å². The van der Waals surface area contributed by atoms with E-state index in [1.54, 1.807) is 6.26 Å². The van der Waals surface area contributed by atoms with Crippen molar-refractivity contribution in [1.29, 1.82) is 0 Å². The molecule has 3 rings (SSSR count). The molecule has 21 heavy (non-hydrogen) atoms. The molecule has 0 spiro atoms. The lowest BCUT2D eigenvalue weighted by Crippen LogP contribution is -2.18. The Bertz CT molecular complexity index is 703. The monoisotopic (exact) mass is 304 g/mol. The summed E-state index contributed by atoms with van der Waals surface area (Å²) in [5, 5.41) is 3.39. The maximum atomic E-state index is 12.3. The number of carbonyl (C=O) groups is 2. The van der Waals surface area contributed by atoms with E-state index in [0.29, 0.717) is 10.6 Å². The number of carbonyl (C=O) groups excluding carboxylic acids is 2. The van der Waals surface area contributed by atoms with E-state index in [0.717, 1.165) is 22.6 Å². The second kappa shape index (κ2) is 5.04. The summed E-state index contributed by atoms with van der Waals surface area (Å²) in [6, 6.07) is 3.70. The number of hydrogen-bond donors (Lipinski definition) is 2. The summed E-state index contributed by atoms with van der Waals surface area (Å²) in [6.07, 6.45) is 2.38. The zero-order valence-electron chi connectivity index (χ0n) is 11.8. The number of anilines is 1. The number of furan rings is 1. The lowest BCUT2D eigenvalue weighted by Gasteiger charge is -2.04. The van der Waals surface area contributed by atoms with E-state index in [1.807, 2.05) is 26.0 Å². The van der Waals surface area contributed by atoms with Crippen molar-refractivity contribution in [1.82, 2.24) is 0 Å². The van der Waals surface area contributed by atoms with Crippen LogP contribution >= 0.6 is 11.3 Å². The summed E-state index contributed by atoms with van der Waals surface area (Å²) >= 11 is 1.39. The highest BCUT2D eigenvalue weighted by atomic mass is 32.1. The predicted octanol–water partition coefficient (Wildman–Crippen LogP) is 2.80. The van der Waals surface area contributed by atoms with E-state index >= 15 is 0 Å². The molecule has 0 saturated heterocycles. The molecule has 2 atom stereocenters. The van der Waals surface area contributed by atoms with Gasteiger partial charge in [0, 0.05) is 16.7 Å². The summed E-state index contributed by atoms with van der Waals surface area (Å²) in [4.78, 5) is 24.8. The molecule has 0 radical (unpaired) electrons. The summed E-state index contributed by atoms with van der Waals surface area (Å²) < 4.78 is 5.32. The van der Waals surface area contributed by atoms with Crippen LogP contribution in [0.15, 0.2) is 22.8 Å². The van der Waals surface area contributed by atoms with Crippen LogP contribution in [-0.4, -0.2) is 11.8 Å². The molecule has 0 bridgehead atoms. The molecular weight excluding hydrogens is 288 g/mol. The highest BCUT2D eigenvalue weighted by Gasteiger charge is 2.46. The maximum Gasteiger partial charge on any atom is 0.251 e. The molecule has 110 valence electrons. The fourth-order valence-corrected chi connectivity index (χ4v) is 3.59. The van der Waals surface area contributed by atoms with Gasteiger partial charge in [-0.05, 0) is 38.0 Å². The van der Waals surface area contributed by atoms with Crippen molar-refractivity contribution in [3.05, 3.63) is 40.2 Å². The third kappa shape index (κ3) is 2.47. The van der Waals surface area contributed by atoms with Crippen LogP contribution in [0, 0.1) is 19.8 Å². The van der Waals surface area contributed by atoms with Gasteiger partial charge in [0.2, 0.25) is 5.91 Å². The minimum Gasteiger partial charge on any atom is -0.469 e. The van der Waals surface area contributed by atoms with Crippen LogP contribution < -0.4 is 11.1 Å². The topological polar surface area (TPSA) is 85.3 Å². The summed E-state index contributed by atoms with van der Waals surface area (Å²) in [5.74, 6) is 0.285. The Hall–Kier alpha value is -2.08. The van der Waals surface area contributed by atoms with E-state index in [9.17, 15) is 9.59 Å². The largest absolute Gasteiger partial charge is 0.469 e. The zero-order valence-corrected chi connectivity index (χ0v) is 12.6. The first kappa shape index (κ1) is 13.9. The SMILES string of the molecule is Cc1sc(NC(=O)[C@H]2C[C@@H]2c2ccco2)c(C(N)=O)c1C. The molecule has 1 fully saturated rings. The molecule has 2 aromatic rings. The number of thiophene rings is 1. The molecule has 0 aromatic carbocycles. The molecule has 3 N–H and O–H groups in total. The lowest BCUT2D eigenvalue weighted by molar-refractivity contribution is -0.117. The standard InChI is InChI=1S/C15H16N2O3S/c1-7-8(2)21-15(12(7)13(16)18)17-14(19)10-6-9(10)11-4-3-5-20-11/h3-5,9-10H,6H2,1-2H3,(H2,16,18)(H,17,19)/t9-,10-/m0/s1. The number of nitrogens with one attached hydrogen (secondary N) is 1. The molecule has 2 amide bonds. The Kier molecular flexibility index (Phi) is 3.33. The van der Waals surface area contributed by atoms with E-state index in [4.69, 9.17) is 10.2 Å². The van der Waals surface area contributed by atoms with Gasteiger partial charge in [-0.2, -0.15) is 0 Å². The number of hydrogen-bond acceptors (Lipinski definition) is 4. The van der Waals surface area contributed by atoms with E-state index < -0.39 is 5.91 Å². The van der Waals surface area contributed by atoms with Crippen molar-refractivity contribution < 1.29 is 14.0 Å². The van der Waals surface area contributed by atoms with Crippen LogP contribution in [0.4, 0.5) is 5.00 Å². The Labute approximate surface area is 126 Å². The normalized spacial score (nSPS) is 20.3. The highest BCUT2D eigenvalue weighted by Crippen LogP contribution is 2.48. The number of rotatable bonds is 4. The number of primary amides is 1. The molecule has 0 aliphatic heterocycles. The first-order chi connectivity index (χ1) is 9.99. The van der Waals surface area contributed by atoms with E-state index in [-0.39, 0.29) is 17.7 Å². The van der Waals surface area contributed by atoms with Gasteiger partial charge in [-0.3, -0.25) is 9.59 Å². The summed E-state index contributed by atoms with van der Waals surface area (Å²) in [5.41, 5.74) is 6.65. The molecule has 1 saturated carbocycles. The molecule has 1 aliphatic carbocycles. The summed E-state index contributed by atoms with van der Waals surface area (Å²) in [7, 11) is 0. The van der Waals surface area contributed by atoms with Crippen LogP contribution in [0.5, 0.6) is 0 Å². The Morgan fingerprint density at radius 1 is 1.43 bits per heavy atom. The van der Waals surface area contributed by atoms with Crippen molar-refractivity contribution in [2.75, 3.05) is 5.32 Å². The van der Waals surface area contributed by atoms with Crippen LogP contribution in [-0.2, 0) is 4.79 Å². The van der Waals surface area contributed by atoms with Gasteiger partial charge in [0.25, 0.3) is 5.91 Å². The second-order valence-electron chi connectivity index (χ2n) is 5.30. The van der Waals surface area contributed by atoms with Crippen molar-refractivity contribution >= 4 is 28.2 Å². The first-order valence-electron chi connectivity index (χ1n) is 6.73. The molecule has 1 aliphatic rings. The average Bonchev–Trinajstić information content (AvgIpc) is 2.93. The van der Waals surface area contributed by atoms with Crippen LogP contribution in [0.1, 0.15) is 38.9 Å². The Balaban J connectivity index is 1.75. The van der Waals surface area contributed by atoms with Crippen molar-refractivity contribution in [2.45, 2.75) is 26.2 Å². The maximum absolute atomic E-state index is 12.3. The van der Waals surface area contributed by atoms with Gasteiger partial charge >= 0.3 is 0 Å². The molecule has 2 heterocycles. The van der Waals surface area contributed by atoms with Crippen molar-refractivity contribution in [2.24, 2.45) is 11.7 Å². The van der Waals surface area contributed by atoms with Gasteiger partial charge in [0.15, 0.2) is 0 Å². The Morgan fingerprint density at radius 3 is 2.81 bits per heavy atom. The Morgan fingerprint density at radius 2 is 2.19 bits per heavy atom. The fraction of sp³-hybridized carbons (Fsp3) is 0.333. The van der Waals surface area contributed by atoms with Crippen LogP contribution in [0.3, 0.4) is 0 Å². The number of aryl methyl sites for hydroxylation is 1. The number of amides is 2. The smallest absolute Gasteiger partial charge is 0.251 e. The quantitative estimate of drug-likeness (QED) is 0.910. The third-order valence-electron chi connectivity index (χ3n) is 3.90. The highest BCUT2D eigenvalue weighted by molar-refractivity contribution is 7.16. The van der Waals surface area contributed by atoms with Gasteiger partial charge in [-0.1, -0.05) is 0 Å². The van der Waals surface area contributed by atoms with Crippen molar-refractivity contribution in [3.63, 3.8) is 0 Å². The van der Waals surface area contributed by atoms with Gasteiger partial charge in [0.05, 0.1) is 11.8 Å². The zero-order chi connectivity index (χ0) is 15.1. The van der Waals surface area contributed by atoms with Crippen molar-refractivity contribution in [3.8, 4) is 0 Å². The molecular formula is C15H16N2O3S. The van der Waals surface area contributed by atoms with Crippen LogP contribution in [0.25, 0.3) is 0 Å². The molecule has 2 aromatic heterocycles. The fourth-order valence-electron chi connectivity index (χ4n) is 2.52. The van der Waals surface area contributed by atoms with E-state index in [1.165, 1.54) is 11.3 Å². The average molecular weight is 304 g/mol. The minimum atomic E-state index is -0.509. The predicted molar refractivity (Wildman–Crippen MR) is 80.5 cm³/mol. The first-order valence-corrected chi connectivity index (χ1v) is 7.54. The third-order valence-corrected chi connectivity index (χ3v) is 5.03. The van der Waals surface area contributed by atoms with E-state index in [2.05, 4.69) is 5.32 Å². The van der Waals surface area contributed by atoms with Gasteiger partial charge in [-0.15, -0.1) is 11.3 Å². The summed E-state index contributed by atoms with van der Waals surface area (Å²) in [6.45, 7) is 3.75. The molecule has 0 unspecified atom stereocenters. The minimum absolute atomic E-state index is 0.0832. The molecule has 5 nitrogen and oxygen atoms in total. The number of nitrogens with two attached hydrogens (primary N) is 1. The van der Waals surface area contributed by atoms with Crippen LogP contribution in [0.2, 0.25) is 0 Å². The van der Waals surface area contributed by atoms with Gasteiger partial charge in [0.1, 0.15) is 10.8 Å².